The number of amides is 1. The summed E-state index contributed by atoms with van der Waals surface area (Å²) >= 11 is 0. The van der Waals surface area contributed by atoms with Crippen molar-refractivity contribution < 1.29 is 22.7 Å². The van der Waals surface area contributed by atoms with E-state index in [1.807, 2.05) is 25.1 Å². The van der Waals surface area contributed by atoms with Crippen LogP contribution in [0.15, 0.2) is 18.2 Å². The van der Waals surface area contributed by atoms with E-state index in [4.69, 9.17) is 0 Å². The molecule has 0 saturated carbocycles. The molecule has 2 rings (SSSR count). The molecule has 1 atom stereocenters. The zero-order chi connectivity index (χ0) is 19.3. The molecule has 0 aliphatic carbocycles. The molecule has 1 heterocycles. The smallest absolute Gasteiger partial charge is 0.425 e. The third kappa shape index (κ3) is 5.40. The topological polar surface area (TPSA) is 32.8 Å². The lowest BCUT2D eigenvalue weighted by Gasteiger charge is -2.35. The van der Waals surface area contributed by atoms with Crippen molar-refractivity contribution >= 4 is 6.09 Å². The number of hydrogen-bond donors (Lipinski definition) is 0. The Kier molecular flexibility index (Phi) is 6.54. The molecule has 0 aromatic heterocycles. The molecule has 26 heavy (non-hydrogen) atoms. The molecule has 0 radical (unpaired) electrons. The average molecular weight is 368 g/mol. The SMILES string of the molecule is CC#Cc1cc(C)ccc1CN1CCN(C(=O)OC(C)C(F)(F)F)CC1. The number of hydrogen-bond acceptors (Lipinski definition) is 3. The second kappa shape index (κ2) is 8.45. The monoisotopic (exact) mass is 368 g/mol. The first-order chi connectivity index (χ1) is 12.2. The zero-order valence-electron chi connectivity index (χ0n) is 15.2. The molecule has 1 aliphatic heterocycles. The predicted molar refractivity (Wildman–Crippen MR) is 92.6 cm³/mol. The van der Waals surface area contributed by atoms with Gasteiger partial charge in [0.25, 0.3) is 0 Å². The lowest BCUT2D eigenvalue weighted by Crippen LogP contribution is -2.49. The van der Waals surface area contributed by atoms with Crippen LogP contribution in [0.2, 0.25) is 0 Å². The van der Waals surface area contributed by atoms with Crippen molar-refractivity contribution in [1.29, 1.82) is 0 Å². The van der Waals surface area contributed by atoms with Crippen LogP contribution in [0.1, 0.15) is 30.5 Å². The zero-order valence-corrected chi connectivity index (χ0v) is 15.2. The van der Waals surface area contributed by atoms with Gasteiger partial charge < -0.3 is 9.64 Å². The number of aryl methyl sites for hydroxylation is 1. The first-order valence-corrected chi connectivity index (χ1v) is 8.47. The van der Waals surface area contributed by atoms with Crippen LogP contribution in [0.25, 0.3) is 0 Å². The van der Waals surface area contributed by atoms with Gasteiger partial charge in [0.05, 0.1) is 0 Å². The third-order valence-corrected chi connectivity index (χ3v) is 4.29. The Morgan fingerprint density at radius 2 is 1.92 bits per heavy atom. The molecule has 142 valence electrons. The van der Waals surface area contributed by atoms with Gasteiger partial charge in [-0.1, -0.05) is 18.1 Å². The van der Waals surface area contributed by atoms with Gasteiger partial charge in [-0.3, -0.25) is 4.90 Å². The van der Waals surface area contributed by atoms with Gasteiger partial charge in [0.2, 0.25) is 0 Å². The lowest BCUT2D eigenvalue weighted by atomic mass is 10.0. The normalized spacial score (nSPS) is 16.6. The highest BCUT2D eigenvalue weighted by Crippen LogP contribution is 2.23. The maximum Gasteiger partial charge on any atom is 0.425 e. The fourth-order valence-corrected chi connectivity index (χ4v) is 2.70. The number of halogens is 3. The quantitative estimate of drug-likeness (QED) is 0.765. The van der Waals surface area contributed by atoms with Gasteiger partial charge in [-0.05, 0) is 38.0 Å². The summed E-state index contributed by atoms with van der Waals surface area (Å²) in [6.45, 7) is 7.14. The highest BCUT2D eigenvalue weighted by Gasteiger charge is 2.40. The summed E-state index contributed by atoms with van der Waals surface area (Å²) < 4.78 is 42.0. The van der Waals surface area contributed by atoms with Crippen molar-refractivity contribution in [2.75, 3.05) is 26.2 Å². The molecule has 0 N–H and O–H groups in total. The Bertz CT molecular complexity index is 699. The fraction of sp³-hybridized carbons (Fsp3) is 0.526. The number of alkyl halides is 3. The molecular formula is C19H23F3N2O2. The molecule has 1 amide bonds. The third-order valence-electron chi connectivity index (χ3n) is 4.29. The van der Waals surface area contributed by atoms with E-state index in [2.05, 4.69) is 21.5 Å². The summed E-state index contributed by atoms with van der Waals surface area (Å²) in [5, 5.41) is 0. The fourth-order valence-electron chi connectivity index (χ4n) is 2.70. The van der Waals surface area contributed by atoms with E-state index in [1.54, 1.807) is 6.92 Å². The second-order valence-corrected chi connectivity index (χ2v) is 6.37. The number of carbonyl (C=O) groups excluding carboxylic acids is 1. The first-order valence-electron chi connectivity index (χ1n) is 8.47. The predicted octanol–water partition coefficient (Wildman–Crippen LogP) is 3.57. The molecule has 4 nitrogen and oxygen atoms in total. The average Bonchev–Trinajstić information content (AvgIpc) is 2.57. The molecule has 1 aliphatic rings. The van der Waals surface area contributed by atoms with Crippen LogP contribution in [-0.4, -0.2) is 54.4 Å². The summed E-state index contributed by atoms with van der Waals surface area (Å²) in [4.78, 5) is 15.3. The van der Waals surface area contributed by atoms with Gasteiger partial charge >= 0.3 is 12.3 Å². The molecule has 1 fully saturated rings. The number of piperazine rings is 1. The first kappa shape index (κ1) is 20.1. The molecule has 0 spiro atoms. The van der Waals surface area contributed by atoms with Crippen LogP contribution in [0.3, 0.4) is 0 Å². The standard InChI is InChI=1S/C19H23F3N2O2/c1-4-5-16-12-14(2)6-7-17(16)13-23-8-10-24(11-9-23)18(25)26-15(3)19(20,21)22/h6-7,12,15H,8-11,13H2,1-3H3. The Morgan fingerprint density at radius 1 is 1.27 bits per heavy atom. The summed E-state index contributed by atoms with van der Waals surface area (Å²) in [5.41, 5.74) is 3.22. The van der Waals surface area contributed by atoms with Crippen molar-refractivity contribution in [3.63, 3.8) is 0 Å². The number of benzene rings is 1. The van der Waals surface area contributed by atoms with Crippen molar-refractivity contribution in [2.24, 2.45) is 0 Å². The maximum atomic E-state index is 12.5. The minimum absolute atomic E-state index is 0.337. The van der Waals surface area contributed by atoms with E-state index in [0.29, 0.717) is 32.7 Å². The molecule has 1 saturated heterocycles. The van der Waals surface area contributed by atoms with Gasteiger partial charge in [0.15, 0.2) is 6.10 Å². The Balaban J connectivity index is 1.91. The summed E-state index contributed by atoms with van der Waals surface area (Å²) in [6.07, 6.45) is -7.56. The van der Waals surface area contributed by atoms with E-state index in [-0.39, 0.29) is 0 Å². The van der Waals surface area contributed by atoms with Crippen molar-refractivity contribution in [2.45, 2.75) is 39.6 Å². The van der Waals surface area contributed by atoms with Crippen molar-refractivity contribution in [1.82, 2.24) is 9.80 Å². The van der Waals surface area contributed by atoms with Crippen molar-refractivity contribution in [3.8, 4) is 11.8 Å². The molecule has 1 unspecified atom stereocenters. The largest absolute Gasteiger partial charge is 0.437 e. The Labute approximate surface area is 151 Å². The molecule has 1 aromatic carbocycles. The van der Waals surface area contributed by atoms with E-state index >= 15 is 0 Å². The molecule has 0 bridgehead atoms. The summed E-state index contributed by atoms with van der Waals surface area (Å²) in [7, 11) is 0. The van der Waals surface area contributed by atoms with Gasteiger partial charge in [-0.2, -0.15) is 13.2 Å². The van der Waals surface area contributed by atoms with Gasteiger partial charge in [-0.15, -0.1) is 5.92 Å². The summed E-state index contributed by atoms with van der Waals surface area (Å²) in [5.74, 6) is 6.01. The van der Waals surface area contributed by atoms with E-state index in [0.717, 1.165) is 23.6 Å². The van der Waals surface area contributed by atoms with Gasteiger partial charge in [-0.25, -0.2) is 4.79 Å². The van der Waals surface area contributed by atoms with Gasteiger partial charge in [0, 0.05) is 38.3 Å². The highest BCUT2D eigenvalue weighted by molar-refractivity contribution is 5.68. The van der Waals surface area contributed by atoms with Crippen LogP contribution in [-0.2, 0) is 11.3 Å². The van der Waals surface area contributed by atoms with Crippen LogP contribution in [0, 0.1) is 18.8 Å². The van der Waals surface area contributed by atoms with E-state index in [1.165, 1.54) is 4.90 Å². The maximum absolute atomic E-state index is 12.5. The lowest BCUT2D eigenvalue weighted by molar-refractivity contribution is -0.200. The number of ether oxygens (including phenoxy) is 1. The van der Waals surface area contributed by atoms with Crippen LogP contribution in [0.4, 0.5) is 18.0 Å². The minimum Gasteiger partial charge on any atom is -0.437 e. The van der Waals surface area contributed by atoms with Gasteiger partial charge in [0.1, 0.15) is 0 Å². The van der Waals surface area contributed by atoms with E-state index in [9.17, 15) is 18.0 Å². The summed E-state index contributed by atoms with van der Waals surface area (Å²) in [6, 6.07) is 6.11. The second-order valence-electron chi connectivity index (χ2n) is 6.37. The number of nitrogens with zero attached hydrogens (tertiary/aromatic N) is 2. The van der Waals surface area contributed by atoms with Crippen LogP contribution in [0.5, 0.6) is 0 Å². The number of carbonyl (C=O) groups is 1. The molecular weight excluding hydrogens is 345 g/mol. The van der Waals surface area contributed by atoms with Crippen molar-refractivity contribution in [3.05, 3.63) is 34.9 Å². The van der Waals surface area contributed by atoms with Crippen LogP contribution >= 0.6 is 0 Å². The molecule has 7 heteroatoms. The Hall–Kier alpha value is -2.20. The molecule has 1 aromatic rings. The van der Waals surface area contributed by atoms with Crippen LogP contribution < -0.4 is 0 Å². The highest BCUT2D eigenvalue weighted by atomic mass is 19.4. The Morgan fingerprint density at radius 3 is 2.50 bits per heavy atom. The minimum atomic E-state index is -4.54. The number of rotatable bonds is 3. The van der Waals surface area contributed by atoms with E-state index < -0.39 is 18.4 Å².